The summed E-state index contributed by atoms with van der Waals surface area (Å²) < 4.78 is 4.99. The van der Waals surface area contributed by atoms with Gasteiger partial charge in [0, 0.05) is 24.7 Å². The van der Waals surface area contributed by atoms with Gasteiger partial charge >= 0.3 is 17.9 Å². The Hall–Kier alpha value is -5.19. The van der Waals surface area contributed by atoms with Gasteiger partial charge < -0.3 is 20.7 Å². The van der Waals surface area contributed by atoms with Gasteiger partial charge in [-0.05, 0) is 61.6 Å². The van der Waals surface area contributed by atoms with E-state index >= 15 is 0 Å². The van der Waals surface area contributed by atoms with E-state index in [1.807, 2.05) is 36.4 Å². The van der Waals surface area contributed by atoms with Gasteiger partial charge in [0.15, 0.2) is 0 Å². The quantitative estimate of drug-likeness (QED) is 0.156. The summed E-state index contributed by atoms with van der Waals surface area (Å²) in [6.45, 7) is 4.90. The van der Waals surface area contributed by atoms with E-state index in [1.54, 1.807) is 45.0 Å². The van der Waals surface area contributed by atoms with Crippen molar-refractivity contribution in [2.75, 3.05) is 6.54 Å². The first-order valence-corrected chi connectivity index (χ1v) is 13.9. The Morgan fingerprint density at radius 3 is 2.26 bits per heavy atom. The molecule has 0 saturated heterocycles. The molecule has 224 valence electrons. The van der Waals surface area contributed by atoms with Crippen LogP contribution in [0.25, 0.3) is 10.8 Å². The first-order valence-electron chi connectivity index (χ1n) is 13.9. The third kappa shape index (κ3) is 8.41. The molecule has 1 saturated carbocycles. The van der Waals surface area contributed by atoms with Crippen LogP contribution in [0.5, 0.6) is 0 Å². The molecule has 5 N–H and O–H groups in total. The monoisotopic (exact) mass is 585 g/mol. The topological polar surface area (TPSA) is 155 Å². The van der Waals surface area contributed by atoms with E-state index in [9.17, 15) is 24.0 Å². The van der Waals surface area contributed by atoms with E-state index in [0.29, 0.717) is 11.1 Å². The van der Waals surface area contributed by atoms with Gasteiger partial charge in [-0.2, -0.15) is 0 Å². The van der Waals surface area contributed by atoms with Crippen LogP contribution in [0.2, 0.25) is 0 Å². The molecule has 0 radical (unpaired) electrons. The predicted octanol–water partition coefficient (Wildman–Crippen LogP) is 3.10. The van der Waals surface area contributed by atoms with Gasteiger partial charge in [-0.3, -0.25) is 24.6 Å². The Morgan fingerprint density at radius 2 is 1.51 bits per heavy atom. The van der Waals surface area contributed by atoms with Crippen LogP contribution >= 0.6 is 0 Å². The average molecular weight is 586 g/mol. The number of hydrogen-bond acceptors (Lipinski definition) is 6. The van der Waals surface area contributed by atoms with Gasteiger partial charge in [-0.15, -0.1) is 0 Å². The van der Waals surface area contributed by atoms with Gasteiger partial charge in [-0.25, -0.2) is 10.2 Å². The molecule has 4 rings (SSSR count). The van der Waals surface area contributed by atoms with Gasteiger partial charge in [0.2, 0.25) is 0 Å². The van der Waals surface area contributed by atoms with Crippen LogP contribution in [-0.2, 0) is 31.2 Å². The molecule has 3 aromatic rings. The summed E-state index contributed by atoms with van der Waals surface area (Å²) in [6.07, 6.45) is 3.20. The van der Waals surface area contributed by atoms with Crippen LogP contribution in [0.3, 0.4) is 0 Å². The zero-order chi connectivity index (χ0) is 31.0. The van der Waals surface area contributed by atoms with E-state index in [4.69, 9.17) is 4.74 Å². The molecule has 0 aliphatic heterocycles. The van der Waals surface area contributed by atoms with Crippen LogP contribution in [0.1, 0.15) is 55.1 Å². The van der Waals surface area contributed by atoms with Gasteiger partial charge in [-0.1, -0.05) is 66.7 Å². The minimum atomic E-state index is -0.910. The van der Waals surface area contributed by atoms with E-state index in [1.165, 1.54) is 6.08 Å². The Kier molecular flexibility index (Phi) is 9.44. The fourth-order valence-corrected chi connectivity index (χ4v) is 4.52. The van der Waals surface area contributed by atoms with Crippen LogP contribution in [-0.4, -0.2) is 41.9 Å². The second-order valence-corrected chi connectivity index (χ2v) is 11.1. The van der Waals surface area contributed by atoms with E-state index in [0.717, 1.165) is 35.3 Å². The number of fused-ring (bicyclic) bond motifs is 1. The number of rotatable bonds is 8. The Balaban J connectivity index is 1.27. The molecule has 1 aliphatic rings. The van der Waals surface area contributed by atoms with Gasteiger partial charge in [0.05, 0.1) is 5.54 Å². The highest BCUT2D eigenvalue weighted by molar-refractivity contribution is 6.35. The maximum atomic E-state index is 13.4. The summed E-state index contributed by atoms with van der Waals surface area (Å²) >= 11 is 0. The lowest BCUT2D eigenvalue weighted by atomic mass is 9.96. The molecule has 1 aliphatic carbocycles. The number of hydrazine groups is 1. The summed E-state index contributed by atoms with van der Waals surface area (Å²) in [6, 6.07) is 21.1. The summed E-state index contributed by atoms with van der Waals surface area (Å²) in [5, 5.41) is 10.3. The van der Waals surface area contributed by atoms with Gasteiger partial charge in [0.25, 0.3) is 11.8 Å². The number of carbonyl (C=O) groups is 5. The number of carbonyl (C=O) groups excluding carboxylic acids is 5. The van der Waals surface area contributed by atoms with Crippen molar-refractivity contribution in [2.24, 2.45) is 0 Å². The van der Waals surface area contributed by atoms with E-state index in [-0.39, 0.29) is 19.0 Å². The minimum Gasteiger partial charge on any atom is -0.443 e. The lowest BCUT2D eigenvalue weighted by Gasteiger charge is -2.21. The first kappa shape index (κ1) is 30.8. The largest absolute Gasteiger partial charge is 0.443 e. The molecule has 5 amide bonds. The van der Waals surface area contributed by atoms with Crippen molar-refractivity contribution in [3.8, 4) is 0 Å². The average Bonchev–Trinajstić information content (AvgIpc) is 3.76. The van der Waals surface area contributed by atoms with E-state index < -0.39 is 35.0 Å². The van der Waals surface area contributed by atoms with E-state index in [2.05, 4.69) is 32.9 Å². The summed E-state index contributed by atoms with van der Waals surface area (Å²) in [4.78, 5) is 61.3. The normalized spacial score (nSPS) is 13.6. The molecule has 3 aromatic carbocycles. The molecule has 11 heteroatoms. The number of hydrogen-bond donors (Lipinski definition) is 5. The van der Waals surface area contributed by atoms with Crippen molar-refractivity contribution in [1.82, 2.24) is 26.8 Å². The molecule has 1 fully saturated rings. The van der Waals surface area contributed by atoms with Crippen molar-refractivity contribution in [1.29, 1.82) is 0 Å². The molecule has 43 heavy (non-hydrogen) atoms. The highest BCUT2D eigenvalue weighted by atomic mass is 16.6. The van der Waals surface area contributed by atoms with Crippen molar-refractivity contribution in [3.63, 3.8) is 0 Å². The molecule has 0 aromatic heterocycles. The first-order chi connectivity index (χ1) is 20.5. The van der Waals surface area contributed by atoms with Crippen molar-refractivity contribution < 1.29 is 28.7 Å². The molecular weight excluding hydrogens is 550 g/mol. The van der Waals surface area contributed by atoms with Gasteiger partial charge in [0.1, 0.15) is 5.60 Å². The number of nitrogens with one attached hydrogen (secondary N) is 5. The predicted molar refractivity (Wildman–Crippen MR) is 160 cm³/mol. The molecule has 0 heterocycles. The van der Waals surface area contributed by atoms with Crippen molar-refractivity contribution >= 4 is 40.5 Å². The third-order valence-corrected chi connectivity index (χ3v) is 6.65. The fourth-order valence-electron chi connectivity index (χ4n) is 4.52. The van der Waals surface area contributed by atoms with Crippen molar-refractivity contribution in [2.45, 2.75) is 51.3 Å². The zero-order valence-electron chi connectivity index (χ0n) is 24.3. The molecule has 11 nitrogen and oxygen atoms in total. The molecule has 0 unspecified atom stereocenters. The standard InChI is InChI=1S/C32H35N5O6/c1-31(2,3)43-30(42)37-36-26(38)16-9-19-33-28(40)29(41)34-20-22-11-5-7-14-24(22)27(39)35-32(17-18-32)25-15-8-12-21-10-4-6-13-23(21)25/h4-16H,17-20H2,1-3H3,(H,33,40)(H,34,41)(H,35,39)(H,36,38)(H,37,42)/b16-9+. The Labute approximate surface area is 249 Å². The molecule has 0 bridgehead atoms. The minimum absolute atomic E-state index is 0.0360. The smallest absolute Gasteiger partial charge is 0.426 e. The maximum Gasteiger partial charge on any atom is 0.426 e. The second-order valence-electron chi connectivity index (χ2n) is 11.1. The summed E-state index contributed by atoms with van der Waals surface area (Å²) in [5.41, 5.74) is 5.09. The number of amides is 5. The Bertz CT molecular complexity index is 1570. The zero-order valence-corrected chi connectivity index (χ0v) is 24.3. The van der Waals surface area contributed by atoms with Crippen LogP contribution in [0.4, 0.5) is 4.79 Å². The Morgan fingerprint density at radius 1 is 0.837 bits per heavy atom. The van der Waals surface area contributed by atoms with Crippen LogP contribution in [0, 0.1) is 0 Å². The van der Waals surface area contributed by atoms with Crippen LogP contribution < -0.4 is 26.8 Å². The number of benzene rings is 3. The van der Waals surface area contributed by atoms with Crippen LogP contribution in [0.15, 0.2) is 78.9 Å². The number of ether oxygens (including phenoxy) is 1. The lowest BCUT2D eigenvalue weighted by Crippen LogP contribution is -2.43. The van der Waals surface area contributed by atoms with Crippen molar-refractivity contribution in [3.05, 3.63) is 95.6 Å². The lowest BCUT2D eigenvalue weighted by molar-refractivity contribution is -0.139. The highest BCUT2D eigenvalue weighted by Crippen LogP contribution is 2.48. The SMILES string of the molecule is CC(C)(C)OC(=O)NNC(=O)/C=C/CNC(=O)C(=O)NCc1ccccc1C(=O)NC1(c2cccc3ccccc23)CC1. The summed E-state index contributed by atoms with van der Waals surface area (Å²) in [5.74, 6) is -2.72. The fraction of sp³-hybridized carbons (Fsp3) is 0.281. The highest BCUT2D eigenvalue weighted by Gasteiger charge is 2.46. The molecular formula is C32H35N5O6. The molecule has 0 spiro atoms. The second kappa shape index (κ2) is 13.2. The maximum absolute atomic E-state index is 13.4. The molecule has 0 atom stereocenters. The summed E-state index contributed by atoms with van der Waals surface area (Å²) in [7, 11) is 0. The third-order valence-electron chi connectivity index (χ3n) is 6.65.